The number of sulfone groups is 1. The number of carbonyl (C=O) groups excluding carboxylic acids is 2. The quantitative estimate of drug-likeness (QED) is 0.809. The fourth-order valence-corrected chi connectivity index (χ4v) is 4.21. The largest absolute Gasteiger partial charge is 0.348 e. The predicted molar refractivity (Wildman–Crippen MR) is 73.3 cm³/mol. The molecule has 2 aliphatic heterocycles. The van der Waals surface area contributed by atoms with Crippen LogP contribution in [0.3, 0.4) is 0 Å². The Hall–Kier alpha value is -1.89. The first kappa shape index (κ1) is 13.1. The van der Waals surface area contributed by atoms with E-state index in [0.29, 0.717) is 24.1 Å². The summed E-state index contributed by atoms with van der Waals surface area (Å²) in [4.78, 5) is 23.3. The molecule has 20 heavy (non-hydrogen) atoms. The first-order valence-electron chi connectivity index (χ1n) is 6.37. The Balaban J connectivity index is 1.72. The molecule has 7 heteroatoms. The highest BCUT2D eigenvalue weighted by Gasteiger charge is 2.29. The second kappa shape index (κ2) is 4.59. The van der Waals surface area contributed by atoms with Crippen LogP contribution in [0.4, 0.5) is 5.69 Å². The van der Waals surface area contributed by atoms with Crippen LogP contribution in [0, 0.1) is 0 Å². The molecule has 2 N–H and O–H groups in total. The van der Waals surface area contributed by atoms with Crippen molar-refractivity contribution in [2.45, 2.75) is 18.9 Å². The van der Waals surface area contributed by atoms with Gasteiger partial charge in [-0.05, 0) is 24.1 Å². The lowest BCUT2D eigenvalue weighted by Gasteiger charge is -2.11. The summed E-state index contributed by atoms with van der Waals surface area (Å²) in [5, 5.41) is 5.41. The van der Waals surface area contributed by atoms with Crippen molar-refractivity contribution in [2.24, 2.45) is 0 Å². The Morgan fingerprint density at radius 2 is 2.15 bits per heavy atom. The lowest BCUT2D eigenvalue weighted by atomic mass is 10.1. The molecule has 2 amide bonds. The number of amides is 2. The van der Waals surface area contributed by atoms with Gasteiger partial charge in [0.05, 0.1) is 17.9 Å². The molecule has 0 bridgehead atoms. The van der Waals surface area contributed by atoms with Crippen molar-refractivity contribution in [1.82, 2.24) is 5.32 Å². The highest BCUT2D eigenvalue weighted by molar-refractivity contribution is 7.91. The molecule has 1 aromatic rings. The monoisotopic (exact) mass is 294 g/mol. The van der Waals surface area contributed by atoms with E-state index in [1.165, 1.54) is 0 Å². The van der Waals surface area contributed by atoms with Crippen LogP contribution in [-0.2, 0) is 21.1 Å². The van der Waals surface area contributed by atoms with E-state index in [9.17, 15) is 18.0 Å². The summed E-state index contributed by atoms with van der Waals surface area (Å²) in [6.07, 6.45) is 0.786. The molecule has 0 aromatic heterocycles. The van der Waals surface area contributed by atoms with E-state index in [-0.39, 0.29) is 29.4 Å². The number of nitrogens with one attached hydrogen (secondary N) is 2. The SMILES string of the molecule is O=C1Cc2ccc(C(=O)NC3CCS(=O)(=O)C3)cc2N1. The van der Waals surface area contributed by atoms with Gasteiger partial charge in [-0.2, -0.15) is 0 Å². The molecule has 0 aliphatic carbocycles. The fourth-order valence-electron chi connectivity index (χ4n) is 2.53. The van der Waals surface area contributed by atoms with Gasteiger partial charge in [0.1, 0.15) is 0 Å². The minimum Gasteiger partial charge on any atom is -0.348 e. The second-order valence-electron chi connectivity index (χ2n) is 5.17. The van der Waals surface area contributed by atoms with Gasteiger partial charge in [0.2, 0.25) is 5.91 Å². The average Bonchev–Trinajstić information content (AvgIpc) is 2.89. The van der Waals surface area contributed by atoms with Crippen molar-refractivity contribution < 1.29 is 18.0 Å². The Morgan fingerprint density at radius 3 is 2.85 bits per heavy atom. The maximum atomic E-state index is 12.1. The first-order chi connectivity index (χ1) is 9.43. The van der Waals surface area contributed by atoms with Gasteiger partial charge in [0, 0.05) is 17.3 Å². The van der Waals surface area contributed by atoms with Crippen LogP contribution in [0.25, 0.3) is 0 Å². The summed E-state index contributed by atoms with van der Waals surface area (Å²) in [6, 6.07) is 4.69. The molecule has 0 radical (unpaired) electrons. The maximum absolute atomic E-state index is 12.1. The molecule has 0 spiro atoms. The van der Waals surface area contributed by atoms with Crippen LogP contribution in [0.1, 0.15) is 22.3 Å². The molecular weight excluding hydrogens is 280 g/mol. The molecule has 1 atom stereocenters. The summed E-state index contributed by atoms with van der Waals surface area (Å²) >= 11 is 0. The van der Waals surface area contributed by atoms with Gasteiger partial charge >= 0.3 is 0 Å². The topological polar surface area (TPSA) is 92.3 Å². The van der Waals surface area contributed by atoms with Crippen LogP contribution < -0.4 is 10.6 Å². The van der Waals surface area contributed by atoms with Crippen molar-refractivity contribution in [1.29, 1.82) is 0 Å². The van der Waals surface area contributed by atoms with Crippen LogP contribution in [0.15, 0.2) is 18.2 Å². The van der Waals surface area contributed by atoms with E-state index in [0.717, 1.165) is 5.56 Å². The number of rotatable bonds is 2. The van der Waals surface area contributed by atoms with Crippen molar-refractivity contribution >= 4 is 27.3 Å². The third-order valence-corrected chi connectivity index (χ3v) is 5.33. The van der Waals surface area contributed by atoms with Crippen molar-refractivity contribution in [3.8, 4) is 0 Å². The fraction of sp³-hybridized carbons (Fsp3) is 0.385. The molecule has 0 saturated carbocycles. The number of anilines is 1. The third kappa shape index (κ3) is 2.53. The second-order valence-corrected chi connectivity index (χ2v) is 7.40. The summed E-state index contributed by atoms with van der Waals surface area (Å²) in [6.45, 7) is 0. The summed E-state index contributed by atoms with van der Waals surface area (Å²) in [5.74, 6) is -0.269. The van der Waals surface area contributed by atoms with Crippen LogP contribution in [0.5, 0.6) is 0 Å². The van der Waals surface area contributed by atoms with Crippen LogP contribution in [-0.4, -0.2) is 37.8 Å². The van der Waals surface area contributed by atoms with Gasteiger partial charge in [-0.3, -0.25) is 9.59 Å². The summed E-state index contributed by atoms with van der Waals surface area (Å²) in [7, 11) is -3.01. The first-order valence-corrected chi connectivity index (χ1v) is 8.19. The Morgan fingerprint density at radius 1 is 1.35 bits per heavy atom. The lowest BCUT2D eigenvalue weighted by Crippen LogP contribution is -2.35. The van der Waals surface area contributed by atoms with Gasteiger partial charge in [0.25, 0.3) is 5.91 Å². The van der Waals surface area contributed by atoms with E-state index in [4.69, 9.17) is 0 Å². The highest BCUT2D eigenvalue weighted by atomic mass is 32.2. The number of hydrogen-bond acceptors (Lipinski definition) is 4. The van der Waals surface area contributed by atoms with E-state index >= 15 is 0 Å². The third-order valence-electron chi connectivity index (χ3n) is 3.56. The van der Waals surface area contributed by atoms with E-state index in [1.54, 1.807) is 18.2 Å². The standard InChI is InChI=1S/C13H14N2O4S/c16-12-6-8-1-2-9(5-11(8)15-12)13(17)14-10-3-4-20(18,19)7-10/h1-2,5,10H,3-4,6-7H2,(H,14,17)(H,15,16). The highest BCUT2D eigenvalue weighted by Crippen LogP contribution is 2.24. The van der Waals surface area contributed by atoms with Crippen molar-refractivity contribution in [3.63, 3.8) is 0 Å². The Bertz CT molecular complexity index is 696. The molecule has 1 fully saturated rings. The number of carbonyl (C=O) groups is 2. The Labute approximate surface area is 116 Å². The molecule has 6 nitrogen and oxygen atoms in total. The number of fused-ring (bicyclic) bond motifs is 1. The molecule has 106 valence electrons. The zero-order valence-electron chi connectivity index (χ0n) is 10.7. The molecular formula is C13H14N2O4S. The number of benzene rings is 1. The molecule has 2 aliphatic rings. The maximum Gasteiger partial charge on any atom is 0.251 e. The molecule has 1 aromatic carbocycles. The Kier molecular flexibility index (Phi) is 3.01. The van der Waals surface area contributed by atoms with Gasteiger partial charge in [0.15, 0.2) is 9.84 Å². The van der Waals surface area contributed by atoms with Crippen LogP contribution in [0.2, 0.25) is 0 Å². The van der Waals surface area contributed by atoms with Crippen molar-refractivity contribution in [2.75, 3.05) is 16.8 Å². The molecule has 3 rings (SSSR count). The summed E-state index contributed by atoms with van der Waals surface area (Å²) < 4.78 is 22.7. The van der Waals surface area contributed by atoms with E-state index < -0.39 is 9.84 Å². The normalized spacial score (nSPS) is 23.2. The molecule has 1 saturated heterocycles. The lowest BCUT2D eigenvalue weighted by molar-refractivity contribution is -0.115. The van der Waals surface area contributed by atoms with Gasteiger partial charge in [-0.15, -0.1) is 0 Å². The van der Waals surface area contributed by atoms with E-state index in [2.05, 4.69) is 10.6 Å². The zero-order valence-corrected chi connectivity index (χ0v) is 11.5. The number of hydrogen-bond donors (Lipinski definition) is 2. The minimum absolute atomic E-state index is 0.000413. The van der Waals surface area contributed by atoms with Gasteiger partial charge < -0.3 is 10.6 Å². The summed E-state index contributed by atoms with van der Waals surface area (Å²) in [5.41, 5.74) is 1.95. The zero-order chi connectivity index (χ0) is 14.3. The minimum atomic E-state index is -3.01. The van der Waals surface area contributed by atoms with Gasteiger partial charge in [-0.25, -0.2) is 8.42 Å². The van der Waals surface area contributed by atoms with Crippen LogP contribution >= 0.6 is 0 Å². The van der Waals surface area contributed by atoms with Gasteiger partial charge in [-0.1, -0.05) is 6.07 Å². The smallest absolute Gasteiger partial charge is 0.251 e. The molecule has 1 unspecified atom stereocenters. The predicted octanol–water partition coefficient (Wildman–Crippen LogP) is 0.0981. The van der Waals surface area contributed by atoms with Crippen molar-refractivity contribution in [3.05, 3.63) is 29.3 Å². The average molecular weight is 294 g/mol. The molecule has 2 heterocycles. The van der Waals surface area contributed by atoms with E-state index in [1.807, 2.05) is 0 Å².